The zero-order chi connectivity index (χ0) is 10.7. The van der Waals surface area contributed by atoms with Crippen molar-refractivity contribution in [2.45, 2.75) is 6.10 Å². The monoisotopic (exact) mass is 221 g/mol. The van der Waals surface area contributed by atoms with Crippen molar-refractivity contribution in [1.82, 2.24) is 9.97 Å². The molecule has 0 fully saturated rings. The van der Waals surface area contributed by atoms with Crippen molar-refractivity contribution in [2.75, 3.05) is 6.54 Å². The van der Waals surface area contributed by atoms with Crippen LogP contribution in [0.15, 0.2) is 29.8 Å². The molecule has 4 nitrogen and oxygen atoms in total. The third kappa shape index (κ3) is 2.20. The molecule has 15 heavy (non-hydrogen) atoms. The predicted octanol–water partition coefficient (Wildman–Crippen LogP) is 1.20. The third-order valence-corrected chi connectivity index (χ3v) is 2.86. The van der Waals surface area contributed by atoms with E-state index in [1.54, 1.807) is 17.5 Å². The fourth-order valence-electron chi connectivity index (χ4n) is 1.20. The van der Waals surface area contributed by atoms with Crippen molar-refractivity contribution < 1.29 is 5.11 Å². The lowest BCUT2D eigenvalue weighted by atomic mass is 10.3. The Hall–Kier alpha value is -1.30. The number of nitrogens with zero attached hydrogens (tertiary/aromatic N) is 2. The maximum absolute atomic E-state index is 9.50. The Labute approximate surface area is 91.4 Å². The van der Waals surface area contributed by atoms with Gasteiger partial charge in [-0.15, -0.1) is 11.3 Å². The molecule has 0 aliphatic carbocycles. The van der Waals surface area contributed by atoms with Crippen molar-refractivity contribution in [2.24, 2.45) is 5.73 Å². The van der Waals surface area contributed by atoms with Crippen LogP contribution >= 0.6 is 11.3 Å². The average molecular weight is 221 g/mol. The van der Waals surface area contributed by atoms with E-state index in [2.05, 4.69) is 9.97 Å². The van der Waals surface area contributed by atoms with E-state index < -0.39 is 6.10 Å². The molecule has 5 heteroatoms. The minimum absolute atomic E-state index is 0.133. The Balaban J connectivity index is 2.35. The maximum atomic E-state index is 9.50. The quantitative estimate of drug-likeness (QED) is 0.816. The van der Waals surface area contributed by atoms with E-state index in [-0.39, 0.29) is 6.54 Å². The summed E-state index contributed by atoms with van der Waals surface area (Å²) < 4.78 is 0. The van der Waals surface area contributed by atoms with Gasteiger partial charge in [0.2, 0.25) is 0 Å². The van der Waals surface area contributed by atoms with Gasteiger partial charge in [-0.25, -0.2) is 9.97 Å². The molecule has 0 saturated heterocycles. The molecule has 0 radical (unpaired) electrons. The smallest absolute Gasteiger partial charge is 0.158 e. The highest BCUT2D eigenvalue weighted by Gasteiger charge is 2.09. The molecule has 78 valence electrons. The average Bonchev–Trinajstić information content (AvgIpc) is 2.82. The fraction of sp³-hybridized carbons (Fsp3) is 0.200. The van der Waals surface area contributed by atoms with Crippen molar-refractivity contribution >= 4 is 11.3 Å². The lowest BCUT2D eigenvalue weighted by Crippen LogP contribution is -2.14. The number of hydrogen-bond donors (Lipinski definition) is 2. The highest BCUT2D eigenvalue weighted by Crippen LogP contribution is 2.22. The van der Waals surface area contributed by atoms with Crippen LogP contribution in [0.4, 0.5) is 0 Å². The van der Waals surface area contributed by atoms with Gasteiger partial charge in [-0.1, -0.05) is 6.07 Å². The van der Waals surface area contributed by atoms with E-state index in [9.17, 15) is 5.11 Å². The molecular weight excluding hydrogens is 210 g/mol. The van der Waals surface area contributed by atoms with Gasteiger partial charge in [0.15, 0.2) is 5.82 Å². The van der Waals surface area contributed by atoms with Gasteiger partial charge in [0.1, 0.15) is 6.10 Å². The molecule has 3 N–H and O–H groups in total. The standard InChI is InChI=1S/C10H11N3OS/c11-6-8(14)10-12-4-3-7(13-10)9-2-1-5-15-9/h1-5,8,14H,6,11H2. The molecule has 0 amide bonds. The van der Waals surface area contributed by atoms with Gasteiger partial charge < -0.3 is 10.8 Å². The molecule has 0 bridgehead atoms. The van der Waals surface area contributed by atoms with Gasteiger partial charge in [0, 0.05) is 12.7 Å². The summed E-state index contributed by atoms with van der Waals surface area (Å²) in [5, 5.41) is 11.5. The second kappa shape index (κ2) is 4.48. The lowest BCUT2D eigenvalue weighted by Gasteiger charge is -2.06. The highest BCUT2D eigenvalue weighted by molar-refractivity contribution is 7.13. The van der Waals surface area contributed by atoms with Crippen molar-refractivity contribution in [3.63, 3.8) is 0 Å². The summed E-state index contributed by atoms with van der Waals surface area (Å²) in [7, 11) is 0. The Kier molecular flexibility index (Phi) is 3.05. The fourth-order valence-corrected chi connectivity index (χ4v) is 1.90. The molecule has 0 aliphatic heterocycles. The van der Waals surface area contributed by atoms with Crippen molar-refractivity contribution in [3.8, 4) is 10.6 Å². The third-order valence-electron chi connectivity index (χ3n) is 1.97. The van der Waals surface area contributed by atoms with Gasteiger partial charge in [-0.05, 0) is 17.5 Å². The van der Waals surface area contributed by atoms with Gasteiger partial charge in [-0.3, -0.25) is 0 Å². The Bertz CT molecular complexity index is 430. The first-order valence-electron chi connectivity index (χ1n) is 4.56. The summed E-state index contributed by atoms with van der Waals surface area (Å²) in [5.41, 5.74) is 6.17. The van der Waals surface area contributed by atoms with Crippen LogP contribution in [0.25, 0.3) is 10.6 Å². The molecule has 1 atom stereocenters. The second-order valence-electron chi connectivity index (χ2n) is 3.03. The molecule has 2 aromatic rings. The van der Waals surface area contributed by atoms with Crippen LogP contribution in [0.5, 0.6) is 0 Å². The van der Waals surface area contributed by atoms with Crippen LogP contribution in [0.1, 0.15) is 11.9 Å². The first-order valence-corrected chi connectivity index (χ1v) is 5.44. The van der Waals surface area contributed by atoms with Gasteiger partial charge in [-0.2, -0.15) is 0 Å². The summed E-state index contributed by atoms with van der Waals surface area (Å²) in [6, 6.07) is 5.76. The number of aromatic nitrogens is 2. The zero-order valence-electron chi connectivity index (χ0n) is 8.00. The minimum Gasteiger partial charge on any atom is -0.384 e. The first kappa shape index (κ1) is 10.2. The number of aliphatic hydroxyl groups excluding tert-OH is 1. The number of thiophene rings is 1. The molecule has 2 aromatic heterocycles. The largest absolute Gasteiger partial charge is 0.384 e. The number of rotatable bonds is 3. The number of hydrogen-bond acceptors (Lipinski definition) is 5. The topological polar surface area (TPSA) is 72.0 Å². The van der Waals surface area contributed by atoms with E-state index in [4.69, 9.17) is 5.73 Å². The molecule has 0 spiro atoms. The van der Waals surface area contributed by atoms with Crippen LogP contribution in [0.2, 0.25) is 0 Å². The SMILES string of the molecule is NCC(O)c1nccc(-c2cccs2)n1. The Morgan fingerprint density at radius 3 is 3.00 bits per heavy atom. The van der Waals surface area contributed by atoms with Crippen LogP contribution in [-0.2, 0) is 0 Å². The maximum Gasteiger partial charge on any atom is 0.158 e. The van der Waals surface area contributed by atoms with Crippen molar-refractivity contribution in [3.05, 3.63) is 35.6 Å². The van der Waals surface area contributed by atoms with E-state index in [0.29, 0.717) is 5.82 Å². The van der Waals surface area contributed by atoms with Crippen LogP contribution in [0, 0.1) is 0 Å². The summed E-state index contributed by atoms with van der Waals surface area (Å²) >= 11 is 1.60. The lowest BCUT2D eigenvalue weighted by molar-refractivity contribution is 0.176. The number of aliphatic hydroxyl groups is 1. The minimum atomic E-state index is -0.787. The van der Waals surface area contributed by atoms with E-state index in [0.717, 1.165) is 10.6 Å². The zero-order valence-corrected chi connectivity index (χ0v) is 8.81. The van der Waals surface area contributed by atoms with Crippen LogP contribution in [0.3, 0.4) is 0 Å². The molecule has 0 saturated carbocycles. The summed E-state index contributed by atoms with van der Waals surface area (Å²) in [6.07, 6.45) is 0.848. The summed E-state index contributed by atoms with van der Waals surface area (Å²) in [6.45, 7) is 0.133. The van der Waals surface area contributed by atoms with Gasteiger partial charge in [0.25, 0.3) is 0 Å². The van der Waals surface area contributed by atoms with E-state index in [1.807, 2.05) is 23.6 Å². The normalized spacial score (nSPS) is 12.7. The number of nitrogens with two attached hydrogens (primary N) is 1. The predicted molar refractivity (Wildman–Crippen MR) is 59.4 cm³/mol. The molecule has 0 aromatic carbocycles. The van der Waals surface area contributed by atoms with Gasteiger partial charge in [0.05, 0.1) is 10.6 Å². The molecule has 1 unspecified atom stereocenters. The van der Waals surface area contributed by atoms with Crippen LogP contribution in [-0.4, -0.2) is 21.6 Å². The molecular formula is C10H11N3OS. The van der Waals surface area contributed by atoms with Crippen LogP contribution < -0.4 is 5.73 Å². The second-order valence-corrected chi connectivity index (χ2v) is 3.98. The molecule has 2 rings (SSSR count). The Morgan fingerprint density at radius 2 is 2.33 bits per heavy atom. The molecule has 0 aliphatic rings. The first-order chi connectivity index (χ1) is 7.31. The van der Waals surface area contributed by atoms with Gasteiger partial charge >= 0.3 is 0 Å². The highest BCUT2D eigenvalue weighted by atomic mass is 32.1. The van der Waals surface area contributed by atoms with E-state index in [1.165, 1.54) is 0 Å². The van der Waals surface area contributed by atoms with E-state index >= 15 is 0 Å². The summed E-state index contributed by atoms with van der Waals surface area (Å²) in [5.74, 6) is 0.378. The molecule has 2 heterocycles. The Morgan fingerprint density at radius 1 is 1.47 bits per heavy atom. The van der Waals surface area contributed by atoms with Crippen molar-refractivity contribution in [1.29, 1.82) is 0 Å². The summed E-state index contributed by atoms with van der Waals surface area (Å²) in [4.78, 5) is 9.30.